The highest BCUT2D eigenvalue weighted by Crippen LogP contribution is 1.77. The number of imide groups is 1. The van der Waals surface area contributed by atoms with E-state index >= 15 is 0 Å². The highest BCUT2D eigenvalue weighted by Gasteiger charge is 2.07. The van der Waals surface area contributed by atoms with E-state index in [-0.39, 0.29) is 0 Å². The molecule has 0 aromatic carbocycles. The SMILES string of the molecule is COC(=O)NC(=O)COCC(=O)O. The zero-order chi connectivity index (χ0) is 10.3. The molecule has 7 nitrogen and oxygen atoms in total. The largest absolute Gasteiger partial charge is 0.480 e. The molecule has 0 unspecified atom stereocenters. The van der Waals surface area contributed by atoms with Crippen molar-refractivity contribution < 1.29 is 29.0 Å². The number of carboxylic acid groups (broad SMARTS) is 1. The smallest absolute Gasteiger partial charge is 0.413 e. The fourth-order valence-electron chi connectivity index (χ4n) is 0.432. The molecule has 0 aliphatic heterocycles. The van der Waals surface area contributed by atoms with E-state index in [4.69, 9.17) is 5.11 Å². The van der Waals surface area contributed by atoms with Crippen LogP contribution in [0.1, 0.15) is 0 Å². The second kappa shape index (κ2) is 5.95. The lowest BCUT2D eigenvalue weighted by atomic mass is 10.6. The molecule has 0 heterocycles. The maximum absolute atomic E-state index is 10.7. The van der Waals surface area contributed by atoms with Crippen molar-refractivity contribution >= 4 is 18.0 Å². The van der Waals surface area contributed by atoms with Crippen LogP contribution in [0.15, 0.2) is 0 Å². The maximum Gasteiger partial charge on any atom is 0.413 e. The predicted octanol–water partition coefficient (Wildman–Crippen LogP) is -1.03. The van der Waals surface area contributed by atoms with Crippen LogP contribution in [0.25, 0.3) is 0 Å². The minimum Gasteiger partial charge on any atom is -0.480 e. The minimum absolute atomic E-state index is 0.499. The molecule has 0 saturated carbocycles. The summed E-state index contributed by atoms with van der Waals surface area (Å²) in [5.74, 6) is -1.95. The number of nitrogens with one attached hydrogen (secondary N) is 1. The molecule has 7 heteroatoms. The molecule has 0 spiro atoms. The Balaban J connectivity index is 3.52. The van der Waals surface area contributed by atoms with Gasteiger partial charge in [-0.3, -0.25) is 10.1 Å². The van der Waals surface area contributed by atoms with E-state index in [9.17, 15) is 14.4 Å². The Morgan fingerprint density at radius 3 is 2.38 bits per heavy atom. The van der Waals surface area contributed by atoms with Crippen LogP contribution in [-0.4, -0.2) is 43.4 Å². The number of hydrogen-bond donors (Lipinski definition) is 2. The van der Waals surface area contributed by atoms with E-state index < -0.39 is 31.2 Å². The number of carboxylic acids is 1. The van der Waals surface area contributed by atoms with Crippen molar-refractivity contribution in [2.24, 2.45) is 0 Å². The van der Waals surface area contributed by atoms with Gasteiger partial charge in [0.2, 0.25) is 0 Å². The van der Waals surface area contributed by atoms with E-state index in [1.807, 2.05) is 0 Å². The Bertz CT molecular complexity index is 213. The van der Waals surface area contributed by atoms with E-state index in [1.165, 1.54) is 0 Å². The van der Waals surface area contributed by atoms with Crippen LogP contribution in [0.5, 0.6) is 0 Å². The summed E-state index contributed by atoms with van der Waals surface area (Å²) in [7, 11) is 1.10. The molecule has 0 aliphatic rings. The molecule has 0 atom stereocenters. The zero-order valence-corrected chi connectivity index (χ0v) is 6.90. The van der Waals surface area contributed by atoms with Gasteiger partial charge < -0.3 is 14.6 Å². The predicted molar refractivity (Wildman–Crippen MR) is 39.0 cm³/mol. The molecule has 0 aromatic rings. The molecule has 0 saturated heterocycles. The van der Waals surface area contributed by atoms with Crippen molar-refractivity contribution in [1.82, 2.24) is 5.32 Å². The van der Waals surface area contributed by atoms with Gasteiger partial charge in [-0.05, 0) is 0 Å². The number of alkyl carbamates (subject to hydrolysis) is 1. The molecule has 0 aliphatic carbocycles. The molecule has 0 rings (SSSR count). The second-order valence-electron chi connectivity index (χ2n) is 1.93. The summed E-state index contributed by atoms with van der Waals surface area (Å²) in [6.07, 6.45) is -0.913. The first-order valence-corrected chi connectivity index (χ1v) is 3.23. The fraction of sp³-hybridized carbons (Fsp3) is 0.500. The maximum atomic E-state index is 10.7. The lowest BCUT2D eigenvalue weighted by Gasteiger charge is -2.01. The number of rotatable bonds is 4. The van der Waals surface area contributed by atoms with Crippen LogP contribution in [0.2, 0.25) is 0 Å². The van der Waals surface area contributed by atoms with Gasteiger partial charge in [0, 0.05) is 0 Å². The third-order valence-electron chi connectivity index (χ3n) is 0.886. The first-order chi connectivity index (χ1) is 6.06. The monoisotopic (exact) mass is 191 g/mol. The number of ether oxygens (including phenoxy) is 2. The van der Waals surface area contributed by atoms with Gasteiger partial charge >= 0.3 is 12.1 Å². The Hall–Kier alpha value is -1.63. The summed E-state index contributed by atoms with van der Waals surface area (Å²) in [5, 5.41) is 9.89. The van der Waals surface area contributed by atoms with Crippen LogP contribution in [-0.2, 0) is 19.1 Å². The lowest BCUT2D eigenvalue weighted by molar-refractivity contribution is -0.143. The van der Waals surface area contributed by atoms with E-state index in [0.717, 1.165) is 7.11 Å². The first-order valence-electron chi connectivity index (χ1n) is 3.23. The zero-order valence-electron chi connectivity index (χ0n) is 6.90. The Labute approximate surface area is 73.6 Å². The van der Waals surface area contributed by atoms with Crippen LogP contribution in [0.4, 0.5) is 4.79 Å². The van der Waals surface area contributed by atoms with Gasteiger partial charge in [-0.25, -0.2) is 9.59 Å². The number of aliphatic carboxylic acids is 1. The number of hydrogen-bond acceptors (Lipinski definition) is 5. The van der Waals surface area contributed by atoms with Gasteiger partial charge in [-0.15, -0.1) is 0 Å². The molecule has 0 radical (unpaired) electrons. The molecule has 2 N–H and O–H groups in total. The van der Waals surface area contributed by atoms with Gasteiger partial charge in [-0.2, -0.15) is 0 Å². The fourth-order valence-corrected chi connectivity index (χ4v) is 0.432. The van der Waals surface area contributed by atoms with Crippen molar-refractivity contribution in [3.8, 4) is 0 Å². The molecule has 0 fully saturated rings. The average Bonchev–Trinajstić information content (AvgIpc) is 2.03. The Morgan fingerprint density at radius 2 is 1.92 bits per heavy atom. The van der Waals surface area contributed by atoms with Crippen LogP contribution in [0, 0.1) is 0 Å². The topological polar surface area (TPSA) is 102 Å². The van der Waals surface area contributed by atoms with E-state index in [1.54, 1.807) is 5.32 Å². The quantitative estimate of drug-likeness (QED) is 0.589. The summed E-state index contributed by atoms with van der Waals surface area (Å²) in [4.78, 5) is 31.0. The van der Waals surface area contributed by atoms with Crippen molar-refractivity contribution in [3.05, 3.63) is 0 Å². The minimum atomic E-state index is -1.19. The molecule has 0 bridgehead atoms. The molecular weight excluding hydrogens is 182 g/mol. The third-order valence-corrected chi connectivity index (χ3v) is 0.886. The van der Waals surface area contributed by atoms with Gasteiger partial charge in [-0.1, -0.05) is 0 Å². The summed E-state index contributed by atoms with van der Waals surface area (Å²) in [6, 6.07) is 0. The molecule has 13 heavy (non-hydrogen) atoms. The number of carbonyl (C=O) groups excluding carboxylic acids is 2. The van der Waals surface area contributed by atoms with Crippen molar-refractivity contribution in [2.45, 2.75) is 0 Å². The van der Waals surface area contributed by atoms with Gasteiger partial charge in [0.15, 0.2) is 0 Å². The number of amides is 2. The van der Waals surface area contributed by atoms with Gasteiger partial charge in [0.05, 0.1) is 7.11 Å². The molecule has 0 aromatic heterocycles. The third kappa shape index (κ3) is 6.76. The highest BCUT2D eigenvalue weighted by atomic mass is 16.5. The summed E-state index contributed by atoms with van der Waals surface area (Å²) in [6.45, 7) is -1.09. The highest BCUT2D eigenvalue weighted by molar-refractivity contribution is 5.92. The molecule has 74 valence electrons. The van der Waals surface area contributed by atoms with Gasteiger partial charge in [0.25, 0.3) is 5.91 Å². The van der Waals surface area contributed by atoms with Crippen LogP contribution < -0.4 is 5.32 Å². The number of carbonyl (C=O) groups is 3. The summed E-state index contributed by atoms with van der Waals surface area (Å²) < 4.78 is 8.49. The van der Waals surface area contributed by atoms with Gasteiger partial charge in [0.1, 0.15) is 13.2 Å². The van der Waals surface area contributed by atoms with Crippen molar-refractivity contribution in [2.75, 3.05) is 20.3 Å². The number of methoxy groups -OCH3 is 1. The summed E-state index contributed by atoms with van der Waals surface area (Å²) >= 11 is 0. The first kappa shape index (κ1) is 11.4. The average molecular weight is 191 g/mol. The second-order valence-corrected chi connectivity index (χ2v) is 1.93. The van der Waals surface area contributed by atoms with E-state index in [2.05, 4.69) is 9.47 Å². The van der Waals surface area contributed by atoms with Crippen LogP contribution >= 0.6 is 0 Å². The van der Waals surface area contributed by atoms with Crippen LogP contribution in [0.3, 0.4) is 0 Å². The Kier molecular flexibility index (Phi) is 5.20. The van der Waals surface area contributed by atoms with E-state index in [0.29, 0.717) is 0 Å². The summed E-state index contributed by atoms with van der Waals surface area (Å²) in [5.41, 5.74) is 0. The molecular formula is C6H9NO6. The van der Waals surface area contributed by atoms with Crippen molar-refractivity contribution in [1.29, 1.82) is 0 Å². The normalized spacial score (nSPS) is 9.00. The van der Waals surface area contributed by atoms with Crippen molar-refractivity contribution in [3.63, 3.8) is 0 Å². The lowest BCUT2D eigenvalue weighted by Crippen LogP contribution is -2.33. The standard InChI is InChI=1S/C6H9NO6/c1-12-6(11)7-4(8)2-13-3-5(9)10/h2-3H2,1H3,(H,9,10)(H,7,8,11). The molecule has 2 amide bonds. The Morgan fingerprint density at radius 1 is 1.31 bits per heavy atom.